The number of carbonyl (C=O) groups excluding carboxylic acids is 1. The molecule has 6 heteroatoms. The SMILES string of the molecule is COc1ccc(C(=O)c2ccccc2)c(OC(=O)O)c1.[Ca+2].[H-].[H-]. The van der Waals surface area contributed by atoms with Gasteiger partial charge in [-0.15, -0.1) is 0 Å². The van der Waals surface area contributed by atoms with E-state index in [1.165, 1.54) is 19.2 Å². The number of hydrogen-bond acceptors (Lipinski definition) is 4. The van der Waals surface area contributed by atoms with Gasteiger partial charge in [0.25, 0.3) is 0 Å². The number of methoxy groups -OCH3 is 1. The van der Waals surface area contributed by atoms with E-state index in [1.807, 2.05) is 0 Å². The molecule has 0 saturated heterocycles. The molecule has 0 aliphatic carbocycles. The van der Waals surface area contributed by atoms with Gasteiger partial charge in [-0.05, 0) is 12.1 Å². The summed E-state index contributed by atoms with van der Waals surface area (Å²) in [6.45, 7) is 0. The van der Waals surface area contributed by atoms with Crippen LogP contribution in [0.15, 0.2) is 48.5 Å². The van der Waals surface area contributed by atoms with Crippen LogP contribution in [0.25, 0.3) is 0 Å². The van der Waals surface area contributed by atoms with Gasteiger partial charge in [0, 0.05) is 11.6 Å². The first kappa shape index (κ1) is 17.5. The first-order valence-corrected chi connectivity index (χ1v) is 5.80. The van der Waals surface area contributed by atoms with Crippen LogP contribution in [0.3, 0.4) is 0 Å². The predicted octanol–water partition coefficient (Wildman–Crippen LogP) is 2.83. The molecule has 5 nitrogen and oxygen atoms in total. The topological polar surface area (TPSA) is 72.8 Å². The molecule has 0 heterocycles. The number of ketones is 1. The summed E-state index contributed by atoms with van der Waals surface area (Å²) in [7, 11) is 1.44. The summed E-state index contributed by atoms with van der Waals surface area (Å²) in [5.41, 5.74) is 0.618. The molecule has 1 N–H and O–H groups in total. The van der Waals surface area contributed by atoms with E-state index < -0.39 is 6.16 Å². The van der Waals surface area contributed by atoms with Gasteiger partial charge in [0.15, 0.2) is 5.78 Å². The largest absolute Gasteiger partial charge is 2.00 e. The van der Waals surface area contributed by atoms with Crippen LogP contribution in [0, 0.1) is 0 Å². The van der Waals surface area contributed by atoms with Crippen LogP contribution in [0.4, 0.5) is 4.79 Å². The summed E-state index contributed by atoms with van der Waals surface area (Å²) >= 11 is 0. The van der Waals surface area contributed by atoms with Gasteiger partial charge in [-0.25, -0.2) is 4.79 Å². The number of carboxylic acid groups (broad SMARTS) is 1. The zero-order valence-corrected chi connectivity index (χ0v) is 13.6. The zero-order valence-electron chi connectivity index (χ0n) is 13.4. The van der Waals surface area contributed by atoms with Crippen LogP contribution >= 0.6 is 0 Å². The van der Waals surface area contributed by atoms with Crippen molar-refractivity contribution >= 4 is 49.7 Å². The van der Waals surface area contributed by atoms with Crippen molar-refractivity contribution in [3.05, 3.63) is 59.7 Å². The van der Waals surface area contributed by atoms with E-state index in [0.29, 0.717) is 11.3 Å². The third-order valence-electron chi connectivity index (χ3n) is 2.67. The summed E-state index contributed by atoms with van der Waals surface area (Å²) in [5.74, 6) is 0.0427. The van der Waals surface area contributed by atoms with Crippen LogP contribution in [0.5, 0.6) is 11.5 Å². The van der Waals surface area contributed by atoms with Gasteiger partial charge >= 0.3 is 43.9 Å². The van der Waals surface area contributed by atoms with Gasteiger partial charge in [-0.1, -0.05) is 30.3 Å². The summed E-state index contributed by atoms with van der Waals surface area (Å²) in [5, 5.41) is 8.73. The summed E-state index contributed by atoms with van der Waals surface area (Å²) in [6.07, 6.45) is -1.49. The maximum Gasteiger partial charge on any atom is 2.00 e. The van der Waals surface area contributed by atoms with Gasteiger partial charge in [-0.2, -0.15) is 0 Å². The Labute approximate surface area is 154 Å². The van der Waals surface area contributed by atoms with Crippen molar-refractivity contribution in [1.82, 2.24) is 0 Å². The fourth-order valence-corrected chi connectivity index (χ4v) is 1.74. The number of carbonyl (C=O) groups is 2. The van der Waals surface area contributed by atoms with E-state index in [9.17, 15) is 9.59 Å². The molecular formula is C15H14CaO5. The molecule has 2 aromatic rings. The van der Waals surface area contributed by atoms with E-state index in [2.05, 4.69) is 4.74 Å². The molecule has 0 amide bonds. The second kappa shape index (κ2) is 8.02. The first-order valence-electron chi connectivity index (χ1n) is 5.80. The third kappa shape index (κ3) is 4.46. The second-order valence-corrected chi connectivity index (χ2v) is 3.93. The normalized spacial score (nSPS) is 9.38. The Hall–Kier alpha value is -1.56. The Morgan fingerprint density at radius 2 is 1.76 bits per heavy atom. The van der Waals surface area contributed by atoms with Crippen molar-refractivity contribution in [3.8, 4) is 11.5 Å². The molecular weight excluding hydrogens is 300 g/mol. The van der Waals surface area contributed by atoms with Crippen LogP contribution in [0.2, 0.25) is 0 Å². The molecule has 0 atom stereocenters. The van der Waals surface area contributed by atoms with Crippen molar-refractivity contribution in [1.29, 1.82) is 0 Å². The Kier molecular flexibility index (Phi) is 6.68. The summed E-state index contributed by atoms with van der Waals surface area (Å²) in [4.78, 5) is 23.0. The average molecular weight is 314 g/mol. The molecule has 106 valence electrons. The molecule has 0 unspecified atom stereocenters. The van der Waals surface area contributed by atoms with Gasteiger partial charge in [0.05, 0.1) is 12.7 Å². The molecule has 21 heavy (non-hydrogen) atoms. The monoisotopic (exact) mass is 314 g/mol. The Bertz CT molecular complexity index is 650. The molecule has 2 aromatic carbocycles. The smallest absolute Gasteiger partial charge is 1.00 e. The maximum atomic E-state index is 12.3. The van der Waals surface area contributed by atoms with Crippen LogP contribution in [-0.4, -0.2) is 61.9 Å². The van der Waals surface area contributed by atoms with E-state index in [0.717, 1.165) is 0 Å². The maximum absolute atomic E-state index is 12.3. The molecule has 0 aliphatic rings. The number of hydrogen-bond donors (Lipinski definition) is 1. The van der Waals surface area contributed by atoms with Gasteiger partial charge < -0.3 is 17.4 Å². The van der Waals surface area contributed by atoms with Gasteiger partial charge in [-0.3, -0.25) is 4.79 Å². The van der Waals surface area contributed by atoms with Gasteiger partial charge in [0.2, 0.25) is 0 Å². The Morgan fingerprint density at radius 1 is 1.10 bits per heavy atom. The fourth-order valence-electron chi connectivity index (χ4n) is 1.74. The molecule has 2 rings (SSSR count). The number of rotatable bonds is 4. The molecule has 0 fully saturated rings. The Balaban J connectivity index is 0. The van der Waals surface area contributed by atoms with Crippen molar-refractivity contribution in [2.75, 3.05) is 7.11 Å². The third-order valence-corrected chi connectivity index (χ3v) is 2.67. The number of benzene rings is 2. The first-order chi connectivity index (χ1) is 9.61. The van der Waals surface area contributed by atoms with E-state index in [4.69, 9.17) is 9.84 Å². The Morgan fingerprint density at radius 3 is 2.33 bits per heavy atom. The standard InChI is InChI=1S/C15H12O5.Ca.2H/c1-19-11-7-8-12(13(9-11)20-15(17)18)14(16)10-5-3-2-4-6-10;;;/h2-9H,1H3,(H,17,18);;;/q;+2;2*-1. The summed E-state index contributed by atoms with van der Waals surface area (Å²) in [6, 6.07) is 13.0. The molecule has 0 saturated carbocycles. The van der Waals surface area contributed by atoms with Crippen LogP contribution in [0.1, 0.15) is 18.8 Å². The predicted molar refractivity (Wildman–Crippen MR) is 79.5 cm³/mol. The number of ether oxygens (including phenoxy) is 2. The van der Waals surface area contributed by atoms with Crippen LogP contribution < -0.4 is 9.47 Å². The second-order valence-electron chi connectivity index (χ2n) is 3.93. The quantitative estimate of drug-likeness (QED) is 0.406. The summed E-state index contributed by atoms with van der Waals surface area (Å²) < 4.78 is 9.64. The van der Waals surface area contributed by atoms with Crippen molar-refractivity contribution in [2.45, 2.75) is 0 Å². The minimum absolute atomic E-state index is 0. The molecule has 0 aromatic heterocycles. The van der Waals surface area contributed by atoms with Crippen LogP contribution in [-0.2, 0) is 0 Å². The molecule has 0 aliphatic heterocycles. The van der Waals surface area contributed by atoms with E-state index >= 15 is 0 Å². The van der Waals surface area contributed by atoms with E-state index in [1.54, 1.807) is 36.4 Å². The van der Waals surface area contributed by atoms with E-state index in [-0.39, 0.29) is 57.7 Å². The van der Waals surface area contributed by atoms with Gasteiger partial charge in [0.1, 0.15) is 11.5 Å². The minimum Gasteiger partial charge on any atom is -1.00 e. The van der Waals surface area contributed by atoms with Crippen molar-refractivity contribution in [3.63, 3.8) is 0 Å². The molecule has 0 radical (unpaired) electrons. The minimum atomic E-state index is -1.49. The molecule has 0 bridgehead atoms. The van der Waals surface area contributed by atoms with Crippen molar-refractivity contribution < 1.29 is 27.0 Å². The van der Waals surface area contributed by atoms with Crippen molar-refractivity contribution in [2.24, 2.45) is 0 Å². The average Bonchev–Trinajstić information content (AvgIpc) is 2.46. The zero-order chi connectivity index (χ0) is 14.5. The molecule has 0 spiro atoms. The fraction of sp³-hybridized carbons (Fsp3) is 0.0667.